The Morgan fingerprint density at radius 3 is 2.38 bits per heavy atom. The summed E-state index contributed by atoms with van der Waals surface area (Å²) in [7, 11) is 1.71. The Balaban J connectivity index is 2.29. The first-order chi connectivity index (χ1) is 6.02. The summed E-state index contributed by atoms with van der Waals surface area (Å²) in [5.74, 6) is 0. The van der Waals surface area contributed by atoms with Gasteiger partial charge in [0.1, 0.15) is 0 Å². The Morgan fingerprint density at radius 2 is 1.92 bits per heavy atom. The normalized spacial score (nSPS) is 21.7. The second-order valence-electron chi connectivity index (χ2n) is 4.16. The van der Waals surface area contributed by atoms with Crippen molar-refractivity contribution in [1.29, 1.82) is 0 Å². The molecule has 0 unspecified atom stereocenters. The molecule has 0 radical (unpaired) electrons. The van der Waals surface area contributed by atoms with E-state index in [0.717, 1.165) is 25.7 Å². The standard InChI is InChI=1S/C9H18F2N2/c1-13(6-8(10)11)7-9(12)4-2-3-5-9/h8H,2-7,12H2,1H3. The molecule has 2 N–H and O–H groups in total. The van der Waals surface area contributed by atoms with Crippen LogP contribution in [0.3, 0.4) is 0 Å². The first-order valence-corrected chi connectivity index (χ1v) is 4.77. The van der Waals surface area contributed by atoms with Gasteiger partial charge in [-0.3, -0.25) is 4.90 Å². The minimum absolute atomic E-state index is 0.168. The second kappa shape index (κ2) is 4.33. The molecule has 1 aliphatic rings. The van der Waals surface area contributed by atoms with Crippen LogP contribution in [0.4, 0.5) is 8.78 Å². The van der Waals surface area contributed by atoms with E-state index in [0.29, 0.717) is 6.54 Å². The van der Waals surface area contributed by atoms with Gasteiger partial charge in [0.05, 0.1) is 6.54 Å². The molecule has 1 aliphatic carbocycles. The lowest BCUT2D eigenvalue weighted by Gasteiger charge is -2.29. The van der Waals surface area contributed by atoms with Gasteiger partial charge in [-0.25, -0.2) is 8.78 Å². The molecule has 2 nitrogen and oxygen atoms in total. The quantitative estimate of drug-likeness (QED) is 0.730. The van der Waals surface area contributed by atoms with Crippen molar-refractivity contribution in [3.8, 4) is 0 Å². The van der Waals surface area contributed by atoms with E-state index in [9.17, 15) is 8.78 Å². The van der Waals surface area contributed by atoms with Crippen LogP contribution in [0.15, 0.2) is 0 Å². The lowest BCUT2D eigenvalue weighted by atomic mass is 9.99. The molecule has 1 saturated carbocycles. The summed E-state index contributed by atoms with van der Waals surface area (Å²) >= 11 is 0. The molecule has 0 aromatic carbocycles. The van der Waals surface area contributed by atoms with Crippen LogP contribution in [0.25, 0.3) is 0 Å². The highest BCUT2D eigenvalue weighted by atomic mass is 19.3. The van der Waals surface area contributed by atoms with E-state index in [1.807, 2.05) is 0 Å². The van der Waals surface area contributed by atoms with E-state index < -0.39 is 6.43 Å². The summed E-state index contributed by atoms with van der Waals surface area (Å²) < 4.78 is 24.0. The topological polar surface area (TPSA) is 29.3 Å². The fraction of sp³-hybridized carbons (Fsp3) is 1.00. The monoisotopic (exact) mass is 192 g/mol. The van der Waals surface area contributed by atoms with Crippen molar-refractivity contribution >= 4 is 0 Å². The van der Waals surface area contributed by atoms with Crippen LogP contribution in [-0.4, -0.2) is 37.0 Å². The number of nitrogens with two attached hydrogens (primary N) is 1. The zero-order valence-electron chi connectivity index (χ0n) is 8.10. The van der Waals surface area contributed by atoms with Gasteiger partial charge in [0.25, 0.3) is 6.43 Å². The van der Waals surface area contributed by atoms with Crippen molar-refractivity contribution in [3.63, 3.8) is 0 Å². The van der Waals surface area contributed by atoms with Crippen LogP contribution >= 0.6 is 0 Å². The van der Waals surface area contributed by atoms with Crippen molar-refractivity contribution in [2.45, 2.75) is 37.6 Å². The maximum atomic E-state index is 12.0. The first kappa shape index (κ1) is 10.9. The minimum atomic E-state index is -2.25. The van der Waals surface area contributed by atoms with Crippen LogP contribution in [-0.2, 0) is 0 Å². The third kappa shape index (κ3) is 3.56. The average Bonchev–Trinajstić information content (AvgIpc) is 2.33. The molecule has 0 atom stereocenters. The third-order valence-electron chi connectivity index (χ3n) is 2.63. The summed E-state index contributed by atoms with van der Waals surface area (Å²) in [6.45, 7) is 0.427. The highest BCUT2D eigenvalue weighted by molar-refractivity contribution is 4.91. The highest BCUT2D eigenvalue weighted by Gasteiger charge is 2.30. The largest absolute Gasteiger partial charge is 0.324 e. The molecule has 0 aromatic rings. The van der Waals surface area contributed by atoms with Gasteiger partial charge in [-0.2, -0.15) is 0 Å². The van der Waals surface area contributed by atoms with E-state index in [1.54, 1.807) is 11.9 Å². The SMILES string of the molecule is CN(CC(F)F)CC1(N)CCCC1. The van der Waals surface area contributed by atoms with E-state index in [1.165, 1.54) is 0 Å². The van der Waals surface area contributed by atoms with Crippen molar-refractivity contribution < 1.29 is 8.78 Å². The number of hydrogen-bond acceptors (Lipinski definition) is 2. The molecule has 0 bridgehead atoms. The van der Waals surface area contributed by atoms with E-state index in [-0.39, 0.29) is 12.1 Å². The van der Waals surface area contributed by atoms with Crippen LogP contribution < -0.4 is 5.73 Å². The molecule has 1 rings (SSSR count). The molecule has 0 spiro atoms. The van der Waals surface area contributed by atoms with Gasteiger partial charge in [-0.15, -0.1) is 0 Å². The Kier molecular flexibility index (Phi) is 3.62. The number of hydrogen-bond donors (Lipinski definition) is 1. The molecule has 1 fully saturated rings. The number of alkyl halides is 2. The van der Waals surface area contributed by atoms with Crippen molar-refractivity contribution in [2.75, 3.05) is 20.1 Å². The van der Waals surface area contributed by atoms with Crippen molar-refractivity contribution in [3.05, 3.63) is 0 Å². The lowest BCUT2D eigenvalue weighted by molar-refractivity contribution is 0.0900. The van der Waals surface area contributed by atoms with Gasteiger partial charge < -0.3 is 5.73 Å². The van der Waals surface area contributed by atoms with Crippen LogP contribution in [0.5, 0.6) is 0 Å². The fourth-order valence-electron chi connectivity index (χ4n) is 2.07. The van der Waals surface area contributed by atoms with Crippen LogP contribution in [0.1, 0.15) is 25.7 Å². The number of rotatable bonds is 4. The minimum Gasteiger partial charge on any atom is -0.324 e. The highest BCUT2D eigenvalue weighted by Crippen LogP contribution is 2.27. The van der Waals surface area contributed by atoms with E-state index in [4.69, 9.17) is 5.73 Å². The van der Waals surface area contributed by atoms with E-state index in [2.05, 4.69) is 0 Å². The second-order valence-corrected chi connectivity index (χ2v) is 4.16. The molecular formula is C9H18F2N2. The molecular weight excluding hydrogens is 174 g/mol. The number of nitrogens with zero attached hydrogens (tertiary/aromatic N) is 1. The Bertz CT molecular complexity index is 156. The van der Waals surface area contributed by atoms with Crippen molar-refractivity contribution in [2.24, 2.45) is 5.73 Å². The molecule has 0 aliphatic heterocycles. The fourth-order valence-corrected chi connectivity index (χ4v) is 2.07. The first-order valence-electron chi connectivity index (χ1n) is 4.77. The Labute approximate surface area is 78.1 Å². The molecule has 78 valence electrons. The summed E-state index contributed by atoms with van der Waals surface area (Å²) in [5.41, 5.74) is 5.84. The smallest absolute Gasteiger partial charge is 0.251 e. The molecule has 4 heteroatoms. The van der Waals surface area contributed by atoms with Gasteiger partial charge >= 0.3 is 0 Å². The molecule has 0 aromatic heterocycles. The molecule has 0 heterocycles. The Hall–Kier alpha value is -0.220. The van der Waals surface area contributed by atoms with Crippen molar-refractivity contribution in [1.82, 2.24) is 4.90 Å². The van der Waals surface area contributed by atoms with Gasteiger partial charge in [0.15, 0.2) is 0 Å². The van der Waals surface area contributed by atoms with Gasteiger partial charge in [0.2, 0.25) is 0 Å². The van der Waals surface area contributed by atoms with Crippen LogP contribution in [0, 0.1) is 0 Å². The van der Waals surface area contributed by atoms with Crippen LogP contribution in [0.2, 0.25) is 0 Å². The summed E-state index contributed by atoms with van der Waals surface area (Å²) in [6.07, 6.45) is 1.97. The molecule has 0 saturated heterocycles. The number of halogens is 2. The molecule has 0 amide bonds. The van der Waals surface area contributed by atoms with Gasteiger partial charge in [-0.1, -0.05) is 12.8 Å². The third-order valence-corrected chi connectivity index (χ3v) is 2.63. The summed E-state index contributed by atoms with van der Waals surface area (Å²) in [5, 5.41) is 0. The zero-order chi connectivity index (χ0) is 9.90. The maximum absolute atomic E-state index is 12.0. The van der Waals surface area contributed by atoms with Gasteiger partial charge in [-0.05, 0) is 19.9 Å². The van der Waals surface area contributed by atoms with Gasteiger partial charge in [0, 0.05) is 12.1 Å². The number of likely N-dealkylation sites (N-methyl/N-ethyl adjacent to an activating group) is 1. The lowest BCUT2D eigenvalue weighted by Crippen LogP contribution is -2.47. The average molecular weight is 192 g/mol. The summed E-state index contributed by atoms with van der Waals surface area (Å²) in [4.78, 5) is 1.63. The predicted octanol–water partition coefficient (Wildman–Crippen LogP) is 1.45. The predicted molar refractivity (Wildman–Crippen MR) is 48.9 cm³/mol. The summed E-state index contributed by atoms with van der Waals surface area (Å²) in [6, 6.07) is 0. The maximum Gasteiger partial charge on any atom is 0.251 e. The Morgan fingerprint density at radius 1 is 1.38 bits per heavy atom. The zero-order valence-corrected chi connectivity index (χ0v) is 8.10. The molecule has 13 heavy (non-hydrogen) atoms. The van der Waals surface area contributed by atoms with E-state index >= 15 is 0 Å².